The molecule has 0 aromatic carbocycles. The van der Waals surface area contributed by atoms with Gasteiger partial charge in [-0.2, -0.15) is 0 Å². The maximum absolute atomic E-state index is 5.41. The first-order chi connectivity index (χ1) is 7.36. The fourth-order valence-electron chi connectivity index (χ4n) is 2.67. The van der Waals surface area contributed by atoms with E-state index in [9.17, 15) is 0 Å². The van der Waals surface area contributed by atoms with E-state index in [0.29, 0.717) is 6.04 Å². The molecule has 1 aliphatic rings. The molecule has 0 aliphatic heterocycles. The molecule has 0 aromatic heterocycles. The van der Waals surface area contributed by atoms with E-state index < -0.39 is 0 Å². The Morgan fingerprint density at radius 2 is 1.93 bits per heavy atom. The molecule has 0 saturated heterocycles. The summed E-state index contributed by atoms with van der Waals surface area (Å²) in [6.07, 6.45) is 16.2. The minimum absolute atomic E-state index is 0.558. The molecule has 1 N–H and O–H groups in total. The standard InChI is InChI=1S/C14H25N/c1-3-9-14(15-4-2)12-13-10-7-5-6-8-11-13/h1,13-15H,4-12H2,2H3. The summed E-state index contributed by atoms with van der Waals surface area (Å²) in [5.74, 6) is 3.72. The Morgan fingerprint density at radius 1 is 1.27 bits per heavy atom. The van der Waals surface area contributed by atoms with Gasteiger partial charge in [0.1, 0.15) is 0 Å². The number of terminal acetylenes is 1. The van der Waals surface area contributed by atoms with E-state index in [1.165, 1.54) is 44.9 Å². The molecule has 0 aromatic rings. The van der Waals surface area contributed by atoms with Gasteiger partial charge in [0.05, 0.1) is 0 Å². The predicted molar refractivity (Wildman–Crippen MR) is 66.7 cm³/mol. The molecule has 1 unspecified atom stereocenters. The molecule has 1 atom stereocenters. The van der Waals surface area contributed by atoms with Gasteiger partial charge < -0.3 is 5.32 Å². The van der Waals surface area contributed by atoms with Gasteiger partial charge in [-0.05, 0) is 18.9 Å². The maximum atomic E-state index is 5.41. The highest BCUT2D eigenvalue weighted by atomic mass is 14.9. The van der Waals surface area contributed by atoms with Crippen LogP contribution in [0.1, 0.15) is 58.3 Å². The fraction of sp³-hybridized carbons (Fsp3) is 0.857. The molecule has 1 nitrogen and oxygen atoms in total. The summed E-state index contributed by atoms with van der Waals surface area (Å²) in [6, 6.07) is 0.558. The first-order valence-corrected chi connectivity index (χ1v) is 6.53. The quantitative estimate of drug-likeness (QED) is 0.538. The van der Waals surface area contributed by atoms with Crippen LogP contribution in [0.25, 0.3) is 0 Å². The van der Waals surface area contributed by atoms with Gasteiger partial charge in [0.15, 0.2) is 0 Å². The van der Waals surface area contributed by atoms with Crippen LogP contribution in [0.4, 0.5) is 0 Å². The third-order valence-corrected chi connectivity index (χ3v) is 3.45. The molecule has 1 heteroatoms. The summed E-state index contributed by atoms with van der Waals surface area (Å²) >= 11 is 0. The molecule has 0 spiro atoms. The van der Waals surface area contributed by atoms with Crippen LogP contribution >= 0.6 is 0 Å². The van der Waals surface area contributed by atoms with E-state index in [-0.39, 0.29) is 0 Å². The van der Waals surface area contributed by atoms with Gasteiger partial charge in [-0.1, -0.05) is 45.4 Å². The summed E-state index contributed by atoms with van der Waals surface area (Å²) in [4.78, 5) is 0. The highest BCUT2D eigenvalue weighted by Crippen LogP contribution is 2.26. The number of hydrogen-bond acceptors (Lipinski definition) is 1. The third kappa shape index (κ3) is 5.23. The Bertz CT molecular complexity index is 184. The van der Waals surface area contributed by atoms with E-state index in [0.717, 1.165) is 18.9 Å². The van der Waals surface area contributed by atoms with Crippen LogP contribution in [0.15, 0.2) is 0 Å². The van der Waals surface area contributed by atoms with Crippen LogP contribution in [0.3, 0.4) is 0 Å². The van der Waals surface area contributed by atoms with Crippen molar-refractivity contribution in [3.63, 3.8) is 0 Å². The zero-order valence-electron chi connectivity index (χ0n) is 10.1. The van der Waals surface area contributed by atoms with Crippen molar-refractivity contribution in [2.45, 2.75) is 64.3 Å². The average molecular weight is 207 g/mol. The van der Waals surface area contributed by atoms with Gasteiger partial charge >= 0.3 is 0 Å². The second kappa shape index (κ2) is 7.77. The topological polar surface area (TPSA) is 12.0 Å². The zero-order chi connectivity index (χ0) is 10.9. The molecule has 1 saturated carbocycles. The molecule has 15 heavy (non-hydrogen) atoms. The lowest BCUT2D eigenvalue weighted by Gasteiger charge is -2.21. The van der Waals surface area contributed by atoms with E-state index in [1.807, 2.05) is 0 Å². The fourth-order valence-corrected chi connectivity index (χ4v) is 2.67. The summed E-state index contributed by atoms with van der Waals surface area (Å²) in [6.45, 7) is 3.20. The molecule has 0 heterocycles. The molecular formula is C14H25N. The molecule has 0 bridgehead atoms. The number of hydrogen-bond donors (Lipinski definition) is 1. The lowest BCUT2D eigenvalue weighted by Crippen LogP contribution is -2.30. The monoisotopic (exact) mass is 207 g/mol. The van der Waals surface area contributed by atoms with Gasteiger partial charge in [0.2, 0.25) is 0 Å². The third-order valence-electron chi connectivity index (χ3n) is 3.45. The largest absolute Gasteiger partial charge is 0.313 e. The Labute approximate surface area is 95.0 Å². The van der Waals surface area contributed by atoms with Crippen molar-refractivity contribution in [1.29, 1.82) is 0 Å². The van der Waals surface area contributed by atoms with Gasteiger partial charge in [-0.3, -0.25) is 0 Å². The first-order valence-electron chi connectivity index (χ1n) is 6.53. The van der Waals surface area contributed by atoms with Crippen molar-refractivity contribution in [1.82, 2.24) is 5.32 Å². The molecule has 1 rings (SSSR count). The lowest BCUT2D eigenvalue weighted by molar-refractivity contribution is 0.357. The second-order valence-corrected chi connectivity index (χ2v) is 4.76. The predicted octanol–water partition coefficient (Wildman–Crippen LogP) is 3.35. The summed E-state index contributed by atoms with van der Waals surface area (Å²) in [5, 5.41) is 3.51. The Kier molecular flexibility index (Phi) is 6.52. The Morgan fingerprint density at radius 3 is 2.47 bits per heavy atom. The normalized spacial score (nSPS) is 20.5. The van der Waals surface area contributed by atoms with Gasteiger partial charge in [-0.25, -0.2) is 0 Å². The molecule has 86 valence electrons. The number of nitrogens with one attached hydrogen (secondary N) is 1. The van der Waals surface area contributed by atoms with E-state index in [2.05, 4.69) is 18.2 Å². The van der Waals surface area contributed by atoms with Gasteiger partial charge in [0, 0.05) is 12.5 Å². The second-order valence-electron chi connectivity index (χ2n) is 4.76. The SMILES string of the molecule is C#CCC(CC1CCCCCC1)NCC. The van der Waals surface area contributed by atoms with Crippen molar-refractivity contribution in [2.24, 2.45) is 5.92 Å². The summed E-state index contributed by atoms with van der Waals surface area (Å²) < 4.78 is 0. The van der Waals surface area contributed by atoms with Crippen LogP contribution in [-0.2, 0) is 0 Å². The Hall–Kier alpha value is -0.480. The van der Waals surface area contributed by atoms with E-state index in [1.54, 1.807) is 0 Å². The van der Waals surface area contributed by atoms with E-state index >= 15 is 0 Å². The van der Waals surface area contributed by atoms with Crippen molar-refractivity contribution < 1.29 is 0 Å². The van der Waals surface area contributed by atoms with Crippen molar-refractivity contribution in [3.05, 3.63) is 0 Å². The molecule has 1 aliphatic carbocycles. The van der Waals surface area contributed by atoms with Crippen LogP contribution in [-0.4, -0.2) is 12.6 Å². The van der Waals surface area contributed by atoms with Crippen LogP contribution < -0.4 is 5.32 Å². The molecule has 1 fully saturated rings. The maximum Gasteiger partial charge on any atom is 0.0240 e. The minimum Gasteiger partial charge on any atom is -0.313 e. The molecule has 0 amide bonds. The molecular weight excluding hydrogens is 182 g/mol. The zero-order valence-corrected chi connectivity index (χ0v) is 10.1. The smallest absolute Gasteiger partial charge is 0.0240 e. The highest BCUT2D eigenvalue weighted by Gasteiger charge is 2.16. The first kappa shape index (κ1) is 12.6. The van der Waals surface area contributed by atoms with Crippen molar-refractivity contribution in [2.75, 3.05) is 6.54 Å². The van der Waals surface area contributed by atoms with Crippen LogP contribution in [0.2, 0.25) is 0 Å². The summed E-state index contributed by atoms with van der Waals surface area (Å²) in [5.41, 5.74) is 0. The van der Waals surface area contributed by atoms with Crippen LogP contribution in [0.5, 0.6) is 0 Å². The lowest BCUT2D eigenvalue weighted by atomic mass is 9.91. The van der Waals surface area contributed by atoms with Gasteiger partial charge in [-0.15, -0.1) is 12.3 Å². The average Bonchev–Trinajstić information content (AvgIpc) is 2.47. The molecule has 0 radical (unpaired) electrons. The highest BCUT2D eigenvalue weighted by molar-refractivity contribution is 4.90. The number of rotatable bonds is 5. The van der Waals surface area contributed by atoms with Crippen molar-refractivity contribution in [3.8, 4) is 12.3 Å². The van der Waals surface area contributed by atoms with Crippen molar-refractivity contribution >= 4 is 0 Å². The minimum atomic E-state index is 0.558. The Balaban J connectivity index is 2.31. The van der Waals surface area contributed by atoms with Crippen LogP contribution in [0, 0.1) is 18.3 Å². The van der Waals surface area contributed by atoms with E-state index in [4.69, 9.17) is 6.42 Å². The van der Waals surface area contributed by atoms with Gasteiger partial charge in [0.25, 0.3) is 0 Å². The summed E-state index contributed by atoms with van der Waals surface area (Å²) in [7, 11) is 0.